The maximum Gasteiger partial charge on any atom is 0.319 e. The minimum Gasteiger partial charge on any atom is -0.492 e. The molecule has 8 nitrogen and oxygen atoms in total. The van der Waals surface area contributed by atoms with Crippen LogP contribution in [0.1, 0.15) is 30.5 Å². The number of aromatic nitrogens is 2. The average Bonchev–Trinajstić information content (AvgIpc) is 2.98. The molecule has 2 heterocycles. The summed E-state index contributed by atoms with van der Waals surface area (Å²) in [7, 11) is 0. The summed E-state index contributed by atoms with van der Waals surface area (Å²) in [5, 5.41) is 15.5. The van der Waals surface area contributed by atoms with Crippen LogP contribution in [0.15, 0.2) is 77.4 Å². The van der Waals surface area contributed by atoms with Crippen molar-refractivity contribution in [1.29, 1.82) is 0 Å². The SMILES string of the molecule is O=C(NCc1ccc(Br)nn1)Nc1ccc(OCc2ccc(OCCN3CCCCC3)cc2)c2ccccc12. The fraction of sp³-hybridized carbons (Fsp3) is 0.300. The summed E-state index contributed by atoms with van der Waals surface area (Å²) >= 11 is 3.26. The van der Waals surface area contributed by atoms with E-state index in [9.17, 15) is 4.79 Å². The lowest BCUT2D eigenvalue weighted by atomic mass is 10.1. The van der Waals surface area contributed by atoms with Crippen molar-refractivity contribution in [2.75, 3.05) is 31.6 Å². The maximum absolute atomic E-state index is 12.5. The summed E-state index contributed by atoms with van der Waals surface area (Å²) in [5.41, 5.74) is 2.42. The van der Waals surface area contributed by atoms with E-state index in [4.69, 9.17) is 9.47 Å². The molecular weight excluding hydrogens is 558 g/mol. The third kappa shape index (κ3) is 7.68. The second-order valence-corrected chi connectivity index (χ2v) is 10.3. The molecule has 2 amide bonds. The number of rotatable bonds is 10. The highest BCUT2D eigenvalue weighted by Crippen LogP contribution is 2.32. The number of carbonyl (C=O) groups is 1. The lowest BCUT2D eigenvalue weighted by Gasteiger charge is -2.26. The Labute approximate surface area is 236 Å². The Hall–Kier alpha value is -3.69. The number of nitrogens with zero attached hydrogens (tertiary/aromatic N) is 3. The molecule has 1 aromatic heterocycles. The fourth-order valence-corrected chi connectivity index (χ4v) is 4.81. The first-order valence-electron chi connectivity index (χ1n) is 13.3. The molecule has 0 atom stereocenters. The number of ether oxygens (including phenoxy) is 2. The van der Waals surface area contributed by atoms with Gasteiger partial charge < -0.3 is 20.1 Å². The van der Waals surface area contributed by atoms with E-state index in [0.717, 1.165) is 34.4 Å². The molecule has 1 fully saturated rings. The van der Waals surface area contributed by atoms with Gasteiger partial charge in [-0.15, -0.1) is 5.10 Å². The highest BCUT2D eigenvalue weighted by Gasteiger charge is 2.11. The monoisotopic (exact) mass is 589 g/mol. The van der Waals surface area contributed by atoms with E-state index in [0.29, 0.717) is 29.2 Å². The number of halogens is 1. The first-order valence-corrected chi connectivity index (χ1v) is 14.0. The highest BCUT2D eigenvalue weighted by molar-refractivity contribution is 9.10. The summed E-state index contributed by atoms with van der Waals surface area (Å²) in [6.45, 7) is 4.75. The van der Waals surface area contributed by atoms with Crippen LogP contribution in [0.3, 0.4) is 0 Å². The molecule has 39 heavy (non-hydrogen) atoms. The number of hydrogen-bond acceptors (Lipinski definition) is 6. The predicted molar refractivity (Wildman–Crippen MR) is 156 cm³/mol. The molecular formula is C30H32BrN5O3. The van der Waals surface area contributed by atoms with E-state index in [1.807, 2.05) is 60.7 Å². The lowest BCUT2D eigenvalue weighted by Crippen LogP contribution is -2.33. The van der Waals surface area contributed by atoms with Crippen molar-refractivity contribution in [1.82, 2.24) is 20.4 Å². The van der Waals surface area contributed by atoms with E-state index < -0.39 is 0 Å². The van der Waals surface area contributed by atoms with Crippen molar-refractivity contribution in [2.24, 2.45) is 0 Å². The van der Waals surface area contributed by atoms with Gasteiger partial charge in [0.05, 0.1) is 17.9 Å². The molecule has 1 aliphatic rings. The summed E-state index contributed by atoms with van der Waals surface area (Å²) < 4.78 is 12.8. The van der Waals surface area contributed by atoms with Crippen LogP contribution in [0.4, 0.5) is 10.5 Å². The van der Waals surface area contributed by atoms with Gasteiger partial charge in [0.25, 0.3) is 0 Å². The van der Waals surface area contributed by atoms with E-state index in [1.54, 1.807) is 12.1 Å². The third-order valence-corrected chi connectivity index (χ3v) is 7.12. The van der Waals surface area contributed by atoms with Crippen molar-refractivity contribution in [3.8, 4) is 11.5 Å². The number of benzene rings is 3. The Morgan fingerprint density at radius 3 is 2.44 bits per heavy atom. The largest absolute Gasteiger partial charge is 0.492 e. The number of fused-ring (bicyclic) bond motifs is 1. The molecule has 9 heteroatoms. The van der Waals surface area contributed by atoms with Gasteiger partial charge in [0, 0.05) is 17.3 Å². The fourth-order valence-electron chi connectivity index (χ4n) is 4.60. The van der Waals surface area contributed by atoms with Crippen LogP contribution in [-0.4, -0.2) is 47.4 Å². The van der Waals surface area contributed by atoms with Gasteiger partial charge in [-0.1, -0.05) is 42.8 Å². The van der Waals surface area contributed by atoms with Crippen LogP contribution in [0, 0.1) is 0 Å². The molecule has 0 radical (unpaired) electrons. The zero-order valence-corrected chi connectivity index (χ0v) is 23.3. The lowest BCUT2D eigenvalue weighted by molar-refractivity contribution is 0.183. The van der Waals surface area contributed by atoms with Crippen molar-refractivity contribution in [3.05, 3.63) is 88.7 Å². The van der Waals surface area contributed by atoms with Crippen LogP contribution >= 0.6 is 15.9 Å². The van der Waals surface area contributed by atoms with Gasteiger partial charge in [-0.05, 0) is 83.8 Å². The molecule has 0 spiro atoms. The molecule has 0 saturated carbocycles. The standard InChI is InChI=1S/C30H32BrN5O3/c31-29-15-10-23(34-35-29)20-32-30(37)33-27-13-14-28(26-7-3-2-6-25(26)27)39-21-22-8-11-24(12-9-22)38-19-18-36-16-4-1-5-17-36/h2-3,6-15H,1,4-5,16-21H2,(H2,32,33,37). The van der Waals surface area contributed by atoms with Gasteiger partial charge in [-0.3, -0.25) is 4.90 Å². The molecule has 4 aromatic rings. The van der Waals surface area contributed by atoms with Gasteiger partial charge in [-0.2, -0.15) is 5.10 Å². The van der Waals surface area contributed by atoms with Crippen molar-refractivity contribution in [3.63, 3.8) is 0 Å². The third-order valence-electron chi connectivity index (χ3n) is 6.69. The van der Waals surface area contributed by atoms with Gasteiger partial charge in [0.1, 0.15) is 29.3 Å². The van der Waals surface area contributed by atoms with Gasteiger partial charge in [0.15, 0.2) is 0 Å². The topological polar surface area (TPSA) is 88.6 Å². The number of anilines is 1. The molecule has 3 aromatic carbocycles. The molecule has 0 bridgehead atoms. The quantitative estimate of drug-likeness (QED) is 0.230. The number of amides is 2. The number of hydrogen-bond donors (Lipinski definition) is 2. The minimum atomic E-state index is -0.322. The van der Waals surface area contributed by atoms with Crippen LogP contribution in [0.25, 0.3) is 10.8 Å². The van der Waals surface area contributed by atoms with Crippen LogP contribution in [0.5, 0.6) is 11.5 Å². The van der Waals surface area contributed by atoms with E-state index in [-0.39, 0.29) is 12.6 Å². The van der Waals surface area contributed by atoms with Gasteiger partial charge >= 0.3 is 6.03 Å². The first-order chi connectivity index (χ1) is 19.1. The van der Waals surface area contributed by atoms with E-state index >= 15 is 0 Å². The summed E-state index contributed by atoms with van der Waals surface area (Å²) in [6, 6.07) is 22.9. The first kappa shape index (κ1) is 26.9. The predicted octanol–water partition coefficient (Wildman–Crippen LogP) is 6.16. The summed E-state index contributed by atoms with van der Waals surface area (Å²) in [4.78, 5) is 15.0. The average molecular weight is 591 g/mol. The van der Waals surface area contributed by atoms with Crippen LogP contribution in [0.2, 0.25) is 0 Å². The zero-order chi connectivity index (χ0) is 26.9. The number of piperidine rings is 1. The Bertz CT molecular complexity index is 1380. The number of likely N-dealkylation sites (tertiary alicyclic amines) is 1. The zero-order valence-electron chi connectivity index (χ0n) is 21.7. The molecule has 0 unspecified atom stereocenters. The molecule has 1 saturated heterocycles. The normalized spacial score (nSPS) is 13.7. The van der Waals surface area contributed by atoms with Crippen LogP contribution < -0.4 is 20.1 Å². The van der Waals surface area contributed by atoms with Gasteiger partial charge in [-0.25, -0.2) is 4.79 Å². The number of nitrogens with one attached hydrogen (secondary N) is 2. The Balaban J connectivity index is 1.15. The Morgan fingerprint density at radius 1 is 0.872 bits per heavy atom. The summed E-state index contributed by atoms with van der Waals surface area (Å²) in [6.07, 6.45) is 3.93. The van der Waals surface area contributed by atoms with E-state index in [2.05, 4.69) is 41.7 Å². The van der Waals surface area contributed by atoms with Crippen molar-refractivity contribution >= 4 is 38.4 Å². The van der Waals surface area contributed by atoms with Gasteiger partial charge in [0.2, 0.25) is 0 Å². The second-order valence-electron chi connectivity index (χ2n) is 9.50. The summed E-state index contributed by atoms with van der Waals surface area (Å²) in [5.74, 6) is 1.63. The van der Waals surface area contributed by atoms with Crippen molar-refractivity contribution < 1.29 is 14.3 Å². The van der Waals surface area contributed by atoms with Crippen LogP contribution in [-0.2, 0) is 13.2 Å². The number of carbonyl (C=O) groups excluding carboxylic acids is 1. The van der Waals surface area contributed by atoms with E-state index in [1.165, 1.54) is 32.4 Å². The Kier molecular flexibility index (Phi) is 9.24. The highest BCUT2D eigenvalue weighted by atomic mass is 79.9. The molecule has 2 N–H and O–H groups in total. The number of urea groups is 1. The Morgan fingerprint density at radius 2 is 1.67 bits per heavy atom. The maximum atomic E-state index is 12.5. The minimum absolute atomic E-state index is 0.271. The second kappa shape index (κ2) is 13.4. The molecule has 202 valence electrons. The molecule has 0 aliphatic carbocycles. The molecule has 1 aliphatic heterocycles. The molecule has 5 rings (SSSR count). The van der Waals surface area contributed by atoms with Crippen molar-refractivity contribution in [2.45, 2.75) is 32.4 Å². The smallest absolute Gasteiger partial charge is 0.319 e.